The average Bonchev–Trinajstić information content (AvgIpc) is 3.07. The van der Waals surface area contributed by atoms with Gasteiger partial charge in [-0.1, -0.05) is 40.5 Å². The highest BCUT2D eigenvalue weighted by molar-refractivity contribution is 5.76. The van der Waals surface area contributed by atoms with E-state index in [0.29, 0.717) is 36.9 Å². The van der Waals surface area contributed by atoms with E-state index in [9.17, 15) is 4.79 Å². The Morgan fingerprint density at radius 1 is 1.32 bits per heavy atom. The van der Waals surface area contributed by atoms with Crippen LogP contribution in [-0.4, -0.2) is 38.4 Å². The summed E-state index contributed by atoms with van der Waals surface area (Å²) in [6.45, 7) is 10.7. The maximum Gasteiger partial charge on any atom is 0.222 e. The summed E-state index contributed by atoms with van der Waals surface area (Å²) in [7, 11) is 1.65. The zero-order chi connectivity index (χ0) is 18.2. The molecule has 3 fully saturated rings. The van der Waals surface area contributed by atoms with Crippen molar-refractivity contribution >= 4 is 5.91 Å². The molecule has 5 atom stereocenters. The summed E-state index contributed by atoms with van der Waals surface area (Å²) < 4.78 is 11.4. The molecule has 1 saturated heterocycles. The van der Waals surface area contributed by atoms with Crippen LogP contribution in [0.2, 0.25) is 0 Å². The van der Waals surface area contributed by atoms with E-state index in [2.05, 4.69) is 33.0 Å². The molecule has 4 heteroatoms. The summed E-state index contributed by atoms with van der Waals surface area (Å²) in [6, 6.07) is 0.272. The van der Waals surface area contributed by atoms with E-state index in [-0.39, 0.29) is 22.8 Å². The van der Waals surface area contributed by atoms with Gasteiger partial charge in [-0.15, -0.1) is 0 Å². The molecule has 3 aliphatic rings. The van der Waals surface area contributed by atoms with Crippen molar-refractivity contribution in [1.82, 2.24) is 5.32 Å². The number of ether oxygens (including phenoxy) is 2. The molecule has 0 radical (unpaired) electrons. The van der Waals surface area contributed by atoms with Gasteiger partial charge in [0.05, 0.1) is 12.7 Å². The van der Waals surface area contributed by atoms with Crippen molar-refractivity contribution in [3.63, 3.8) is 0 Å². The second kappa shape index (κ2) is 7.19. The van der Waals surface area contributed by atoms with Crippen LogP contribution in [0.15, 0.2) is 0 Å². The van der Waals surface area contributed by atoms with Gasteiger partial charge in [-0.05, 0) is 47.8 Å². The van der Waals surface area contributed by atoms with Crippen LogP contribution in [0.25, 0.3) is 0 Å². The zero-order valence-corrected chi connectivity index (χ0v) is 16.8. The van der Waals surface area contributed by atoms with Gasteiger partial charge in [0.1, 0.15) is 0 Å². The molecule has 1 aliphatic heterocycles. The monoisotopic (exact) mass is 351 g/mol. The first-order valence-electron chi connectivity index (χ1n) is 10.3. The predicted octanol–water partition coefficient (Wildman–Crippen LogP) is 3.79. The lowest BCUT2D eigenvalue weighted by Gasteiger charge is -2.54. The molecule has 0 aromatic carbocycles. The van der Waals surface area contributed by atoms with Crippen LogP contribution in [0.5, 0.6) is 0 Å². The van der Waals surface area contributed by atoms with Gasteiger partial charge in [0.25, 0.3) is 0 Å². The molecule has 0 aromatic rings. The Morgan fingerprint density at radius 2 is 2.04 bits per heavy atom. The maximum absolute atomic E-state index is 12.5. The average molecular weight is 352 g/mol. The first-order valence-corrected chi connectivity index (χ1v) is 10.3. The number of methoxy groups -OCH3 is 1. The van der Waals surface area contributed by atoms with Crippen LogP contribution in [0, 0.1) is 28.6 Å². The Balaban J connectivity index is 1.84. The smallest absolute Gasteiger partial charge is 0.222 e. The molecule has 2 aliphatic carbocycles. The van der Waals surface area contributed by atoms with Crippen molar-refractivity contribution in [3.8, 4) is 0 Å². The molecule has 0 unspecified atom stereocenters. The fourth-order valence-electron chi connectivity index (χ4n) is 6.48. The number of fused-ring (bicyclic) bond motifs is 1. The zero-order valence-electron chi connectivity index (χ0n) is 16.8. The predicted molar refractivity (Wildman–Crippen MR) is 99.3 cm³/mol. The van der Waals surface area contributed by atoms with Crippen LogP contribution in [0.4, 0.5) is 0 Å². The summed E-state index contributed by atoms with van der Waals surface area (Å²) in [5.74, 6) is 2.10. The Kier molecular flexibility index (Phi) is 5.51. The van der Waals surface area contributed by atoms with E-state index in [1.807, 2.05) is 0 Å². The number of nitrogens with one attached hydrogen (secondary N) is 1. The molecule has 4 nitrogen and oxygen atoms in total. The Labute approximate surface area is 153 Å². The van der Waals surface area contributed by atoms with Gasteiger partial charge in [0.2, 0.25) is 5.91 Å². The normalized spacial score (nSPS) is 38.8. The lowest BCUT2D eigenvalue weighted by Crippen LogP contribution is -2.61. The number of carbonyl (C=O) groups is 1. The number of amides is 1. The first-order chi connectivity index (χ1) is 11.9. The fourth-order valence-corrected chi connectivity index (χ4v) is 6.48. The molecule has 3 rings (SSSR count). The van der Waals surface area contributed by atoms with Gasteiger partial charge < -0.3 is 14.8 Å². The molecular weight excluding hydrogens is 314 g/mol. The summed E-state index contributed by atoms with van der Waals surface area (Å²) in [6.07, 6.45) is 6.85. The van der Waals surface area contributed by atoms with Gasteiger partial charge in [-0.25, -0.2) is 0 Å². The van der Waals surface area contributed by atoms with Gasteiger partial charge in [0, 0.05) is 26.2 Å². The second-order valence-electron chi connectivity index (χ2n) is 9.20. The second-order valence-corrected chi connectivity index (χ2v) is 9.20. The molecule has 144 valence electrons. The van der Waals surface area contributed by atoms with Crippen molar-refractivity contribution in [1.29, 1.82) is 0 Å². The highest BCUT2D eigenvalue weighted by Crippen LogP contribution is 2.69. The Hall–Kier alpha value is -0.610. The van der Waals surface area contributed by atoms with Crippen LogP contribution >= 0.6 is 0 Å². The molecular formula is C21H37NO3. The van der Waals surface area contributed by atoms with Crippen LogP contribution in [0.1, 0.15) is 66.2 Å². The Bertz CT molecular complexity index is 488. The lowest BCUT2D eigenvalue weighted by atomic mass is 9.58. The van der Waals surface area contributed by atoms with Gasteiger partial charge in [-0.3, -0.25) is 4.79 Å². The standard InChI is InChI=1S/C21H37NO3/c1-6-14(7-2)18-16-12-15-13-21(16,9-11-25-18)19(20(15,3)4)22-17(23)8-10-24-5/h14-16,18-19H,6-13H2,1-5H3,(H,22,23)/t15-,16-,18-,19-,21-/m1/s1. The topological polar surface area (TPSA) is 47.6 Å². The number of hydrogen-bond acceptors (Lipinski definition) is 3. The largest absolute Gasteiger partial charge is 0.384 e. The minimum atomic E-state index is 0.145. The Morgan fingerprint density at radius 3 is 2.68 bits per heavy atom. The van der Waals surface area contributed by atoms with Crippen LogP contribution in [0.3, 0.4) is 0 Å². The summed E-state index contributed by atoms with van der Waals surface area (Å²) in [4.78, 5) is 12.5. The van der Waals surface area contributed by atoms with E-state index in [0.717, 1.165) is 13.0 Å². The number of carbonyl (C=O) groups excluding carboxylic acids is 1. The minimum absolute atomic E-state index is 0.145. The van der Waals surface area contributed by atoms with Crippen molar-refractivity contribution in [2.24, 2.45) is 28.6 Å². The number of rotatable bonds is 7. The minimum Gasteiger partial charge on any atom is -0.384 e. The van der Waals surface area contributed by atoms with Crippen molar-refractivity contribution in [2.45, 2.75) is 78.4 Å². The maximum atomic E-state index is 12.5. The first kappa shape index (κ1) is 19.2. The third-order valence-corrected chi connectivity index (χ3v) is 7.90. The molecule has 1 amide bonds. The summed E-state index contributed by atoms with van der Waals surface area (Å²) >= 11 is 0. The third kappa shape index (κ3) is 3.03. The van der Waals surface area contributed by atoms with Crippen LogP contribution < -0.4 is 5.32 Å². The van der Waals surface area contributed by atoms with E-state index < -0.39 is 0 Å². The van der Waals surface area contributed by atoms with E-state index in [1.54, 1.807) is 7.11 Å². The van der Waals surface area contributed by atoms with Crippen LogP contribution in [-0.2, 0) is 14.3 Å². The molecule has 1 heterocycles. The van der Waals surface area contributed by atoms with Gasteiger partial charge in [0.15, 0.2) is 0 Å². The molecule has 2 bridgehead atoms. The third-order valence-electron chi connectivity index (χ3n) is 7.90. The SMILES string of the molecule is CCC(CC)[C@H]1OCC[C@@]23C[C@@H](C[C@H]12)C(C)(C)[C@H]3NC(=O)CCOC. The molecule has 1 spiro atoms. The molecule has 1 N–H and O–H groups in total. The highest BCUT2D eigenvalue weighted by atomic mass is 16.5. The van der Waals surface area contributed by atoms with E-state index >= 15 is 0 Å². The van der Waals surface area contributed by atoms with Gasteiger partial charge >= 0.3 is 0 Å². The molecule has 0 aromatic heterocycles. The number of hydrogen-bond donors (Lipinski definition) is 1. The van der Waals surface area contributed by atoms with Crippen molar-refractivity contribution in [2.75, 3.05) is 20.3 Å². The molecule has 2 saturated carbocycles. The summed E-state index contributed by atoms with van der Waals surface area (Å²) in [5, 5.41) is 3.45. The molecule has 25 heavy (non-hydrogen) atoms. The van der Waals surface area contributed by atoms with Crippen molar-refractivity contribution < 1.29 is 14.3 Å². The van der Waals surface area contributed by atoms with Crippen molar-refractivity contribution in [3.05, 3.63) is 0 Å². The lowest BCUT2D eigenvalue weighted by molar-refractivity contribution is -0.148. The fraction of sp³-hybridized carbons (Fsp3) is 0.952. The van der Waals surface area contributed by atoms with E-state index in [4.69, 9.17) is 9.47 Å². The van der Waals surface area contributed by atoms with E-state index in [1.165, 1.54) is 25.7 Å². The highest BCUT2D eigenvalue weighted by Gasteiger charge is 2.68. The quantitative estimate of drug-likeness (QED) is 0.759. The summed E-state index contributed by atoms with van der Waals surface area (Å²) in [5.41, 5.74) is 0.414. The van der Waals surface area contributed by atoms with Gasteiger partial charge in [-0.2, -0.15) is 0 Å².